The van der Waals surface area contributed by atoms with E-state index in [0.717, 1.165) is 18.7 Å². The van der Waals surface area contributed by atoms with Gasteiger partial charge >= 0.3 is 0 Å². The highest BCUT2D eigenvalue weighted by Crippen LogP contribution is 2.26. The molecule has 0 aliphatic carbocycles. The minimum Gasteiger partial charge on any atom is -0.507 e. The molecule has 0 spiro atoms. The van der Waals surface area contributed by atoms with Gasteiger partial charge in [0.2, 0.25) is 0 Å². The highest BCUT2D eigenvalue weighted by atomic mass is 16.5. The van der Waals surface area contributed by atoms with Crippen LogP contribution >= 0.6 is 0 Å². The van der Waals surface area contributed by atoms with Gasteiger partial charge in [0.25, 0.3) is 0 Å². The minimum atomic E-state index is 0.321. The van der Waals surface area contributed by atoms with E-state index in [4.69, 9.17) is 4.74 Å². The van der Waals surface area contributed by atoms with Gasteiger partial charge < -0.3 is 14.7 Å². The standard InChI is InChI=1S/C16H26N2O2/c1-4-18-9-7-14(8-10-18)17(2)12-13-5-6-15(20-3)11-16(13)19/h5-6,11,14,19H,4,7-10,12H2,1-3H3. The van der Waals surface area contributed by atoms with Gasteiger partial charge in [0.1, 0.15) is 11.5 Å². The first-order valence-corrected chi connectivity index (χ1v) is 7.42. The van der Waals surface area contributed by atoms with Crippen LogP contribution < -0.4 is 4.74 Å². The summed E-state index contributed by atoms with van der Waals surface area (Å²) in [5, 5.41) is 10.0. The van der Waals surface area contributed by atoms with Crippen molar-refractivity contribution < 1.29 is 9.84 Å². The fourth-order valence-electron chi connectivity index (χ4n) is 2.88. The monoisotopic (exact) mass is 278 g/mol. The van der Waals surface area contributed by atoms with Gasteiger partial charge in [-0.3, -0.25) is 4.90 Å². The third kappa shape index (κ3) is 3.64. The van der Waals surface area contributed by atoms with Crippen LogP contribution in [-0.2, 0) is 6.54 Å². The molecule has 0 radical (unpaired) electrons. The second kappa shape index (κ2) is 6.95. The summed E-state index contributed by atoms with van der Waals surface area (Å²) >= 11 is 0. The van der Waals surface area contributed by atoms with Crippen LogP contribution in [0.25, 0.3) is 0 Å². The van der Waals surface area contributed by atoms with Crippen LogP contribution in [0, 0.1) is 0 Å². The summed E-state index contributed by atoms with van der Waals surface area (Å²) in [7, 11) is 3.76. The molecule has 0 atom stereocenters. The Kier molecular flexibility index (Phi) is 5.26. The largest absolute Gasteiger partial charge is 0.507 e. The number of piperidine rings is 1. The lowest BCUT2D eigenvalue weighted by Crippen LogP contribution is -2.42. The zero-order valence-electron chi connectivity index (χ0n) is 12.8. The van der Waals surface area contributed by atoms with Crippen molar-refractivity contribution in [2.24, 2.45) is 0 Å². The van der Waals surface area contributed by atoms with Gasteiger partial charge in [-0.15, -0.1) is 0 Å². The van der Waals surface area contributed by atoms with Gasteiger partial charge in [0.15, 0.2) is 0 Å². The molecule has 1 aliphatic heterocycles. The van der Waals surface area contributed by atoms with Crippen molar-refractivity contribution in [3.63, 3.8) is 0 Å². The van der Waals surface area contributed by atoms with Crippen molar-refractivity contribution in [3.05, 3.63) is 23.8 Å². The molecule has 4 nitrogen and oxygen atoms in total. The summed E-state index contributed by atoms with van der Waals surface area (Å²) in [6.45, 7) is 6.52. The van der Waals surface area contributed by atoms with Crippen molar-refractivity contribution in [1.82, 2.24) is 9.80 Å². The predicted octanol–water partition coefficient (Wildman–Crippen LogP) is 2.32. The molecular formula is C16H26N2O2. The van der Waals surface area contributed by atoms with Crippen molar-refractivity contribution in [2.45, 2.75) is 32.4 Å². The summed E-state index contributed by atoms with van der Waals surface area (Å²) in [4.78, 5) is 4.85. The van der Waals surface area contributed by atoms with Crippen molar-refractivity contribution in [2.75, 3.05) is 33.8 Å². The highest BCUT2D eigenvalue weighted by Gasteiger charge is 2.22. The predicted molar refractivity (Wildman–Crippen MR) is 81.3 cm³/mol. The number of likely N-dealkylation sites (tertiary alicyclic amines) is 1. The Morgan fingerprint density at radius 1 is 1.35 bits per heavy atom. The summed E-state index contributed by atoms with van der Waals surface area (Å²) in [6.07, 6.45) is 2.42. The number of methoxy groups -OCH3 is 1. The zero-order valence-corrected chi connectivity index (χ0v) is 12.8. The van der Waals surface area contributed by atoms with Gasteiger partial charge in [0, 0.05) is 24.2 Å². The van der Waals surface area contributed by atoms with Crippen molar-refractivity contribution in [3.8, 4) is 11.5 Å². The highest BCUT2D eigenvalue weighted by molar-refractivity contribution is 5.39. The van der Waals surface area contributed by atoms with E-state index < -0.39 is 0 Å². The normalized spacial score (nSPS) is 17.6. The molecule has 20 heavy (non-hydrogen) atoms. The summed E-state index contributed by atoms with van der Waals surface area (Å²) in [5.41, 5.74) is 0.964. The van der Waals surface area contributed by atoms with Crippen LogP contribution in [0.5, 0.6) is 11.5 Å². The average molecular weight is 278 g/mol. The number of ether oxygens (including phenoxy) is 1. The number of benzene rings is 1. The average Bonchev–Trinajstić information content (AvgIpc) is 2.49. The molecule has 4 heteroatoms. The first-order valence-electron chi connectivity index (χ1n) is 7.42. The number of nitrogens with zero attached hydrogens (tertiary/aromatic N) is 2. The zero-order chi connectivity index (χ0) is 14.5. The van der Waals surface area contributed by atoms with Crippen LogP contribution in [-0.4, -0.2) is 54.7 Å². The van der Waals surface area contributed by atoms with Gasteiger partial charge in [-0.1, -0.05) is 13.0 Å². The van der Waals surface area contributed by atoms with Gasteiger partial charge in [-0.05, 0) is 45.6 Å². The number of aromatic hydroxyl groups is 1. The summed E-state index contributed by atoms with van der Waals surface area (Å²) in [5.74, 6) is 1.02. The summed E-state index contributed by atoms with van der Waals surface area (Å²) < 4.78 is 5.12. The molecular weight excluding hydrogens is 252 g/mol. The van der Waals surface area contributed by atoms with E-state index in [1.165, 1.54) is 25.9 Å². The molecule has 1 aliphatic rings. The topological polar surface area (TPSA) is 35.9 Å². The van der Waals surface area contributed by atoms with Gasteiger partial charge in [0.05, 0.1) is 7.11 Å². The quantitative estimate of drug-likeness (QED) is 0.896. The Balaban J connectivity index is 1.93. The van der Waals surface area contributed by atoms with E-state index in [-0.39, 0.29) is 0 Å². The Labute approximate surface area is 122 Å². The maximum Gasteiger partial charge on any atom is 0.123 e. The second-order valence-electron chi connectivity index (χ2n) is 5.58. The molecule has 1 saturated heterocycles. The Morgan fingerprint density at radius 3 is 2.60 bits per heavy atom. The van der Waals surface area contributed by atoms with Crippen molar-refractivity contribution in [1.29, 1.82) is 0 Å². The molecule has 1 N–H and O–H groups in total. The Hall–Kier alpha value is -1.26. The SMILES string of the molecule is CCN1CCC(N(C)Cc2ccc(OC)cc2O)CC1. The molecule has 0 amide bonds. The molecule has 2 rings (SSSR count). The van der Waals surface area contributed by atoms with Crippen LogP contribution in [0.1, 0.15) is 25.3 Å². The van der Waals surface area contributed by atoms with E-state index >= 15 is 0 Å². The molecule has 0 unspecified atom stereocenters. The summed E-state index contributed by atoms with van der Waals surface area (Å²) in [6, 6.07) is 6.15. The van der Waals surface area contributed by atoms with E-state index in [2.05, 4.69) is 23.8 Å². The van der Waals surface area contributed by atoms with Crippen LogP contribution in [0.2, 0.25) is 0 Å². The first kappa shape index (κ1) is 15.1. The first-order chi connectivity index (χ1) is 9.63. The van der Waals surface area contributed by atoms with E-state index in [1.807, 2.05) is 12.1 Å². The van der Waals surface area contributed by atoms with Crippen LogP contribution in [0.4, 0.5) is 0 Å². The lowest BCUT2D eigenvalue weighted by Gasteiger charge is -2.36. The number of rotatable bonds is 5. The molecule has 0 saturated carbocycles. The van der Waals surface area contributed by atoms with E-state index in [0.29, 0.717) is 17.5 Å². The molecule has 1 heterocycles. The molecule has 0 bridgehead atoms. The Morgan fingerprint density at radius 2 is 2.05 bits per heavy atom. The van der Waals surface area contributed by atoms with E-state index in [9.17, 15) is 5.11 Å². The minimum absolute atomic E-state index is 0.321. The van der Waals surface area contributed by atoms with Crippen molar-refractivity contribution >= 4 is 0 Å². The molecule has 1 aromatic carbocycles. The lowest BCUT2D eigenvalue weighted by atomic mass is 10.0. The van der Waals surface area contributed by atoms with Crippen LogP contribution in [0.15, 0.2) is 18.2 Å². The molecule has 0 aromatic heterocycles. The fourth-order valence-corrected chi connectivity index (χ4v) is 2.88. The lowest BCUT2D eigenvalue weighted by molar-refractivity contribution is 0.126. The molecule has 1 fully saturated rings. The third-order valence-corrected chi connectivity index (χ3v) is 4.34. The smallest absolute Gasteiger partial charge is 0.123 e. The number of phenolic OH excluding ortho intramolecular Hbond substituents is 1. The van der Waals surface area contributed by atoms with Crippen LogP contribution in [0.3, 0.4) is 0 Å². The second-order valence-corrected chi connectivity index (χ2v) is 5.58. The Bertz CT molecular complexity index is 428. The fraction of sp³-hybridized carbons (Fsp3) is 0.625. The van der Waals surface area contributed by atoms with Gasteiger partial charge in [-0.25, -0.2) is 0 Å². The number of hydrogen-bond acceptors (Lipinski definition) is 4. The third-order valence-electron chi connectivity index (χ3n) is 4.34. The molecule has 1 aromatic rings. The van der Waals surface area contributed by atoms with Gasteiger partial charge in [-0.2, -0.15) is 0 Å². The molecule has 112 valence electrons. The van der Waals surface area contributed by atoms with E-state index in [1.54, 1.807) is 13.2 Å². The number of phenols is 1. The number of hydrogen-bond donors (Lipinski definition) is 1. The maximum atomic E-state index is 10.0. The maximum absolute atomic E-state index is 10.0.